The van der Waals surface area contributed by atoms with Crippen molar-refractivity contribution in [3.63, 3.8) is 0 Å². The molecule has 0 aliphatic heterocycles. The number of furan rings is 1. The molecule has 3 N–H and O–H groups in total. The van der Waals surface area contributed by atoms with E-state index in [2.05, 4.69) is 16.0 Å². The van der Waals surface area contributed by atoms with Gasteiger partial charge < -0.3 is 15.1 Å². The molecule has 6 nitrogen and oxygen atoms in total. The molecule has 0 spiro atoms. The molecule has 24 heavy (non-hydrogen) atoms. The van der Waals surface area contributed by atoms with Crippen molar-refractivity contribution < 1.29 is 14.0 Å². The van der Waals surface area contributed by atoms with Crippen LogP contribution in [0.2, 0.25) is 0 Å². The van der Waals surface area contributed by atoms with Crippen molar-refractivity contribution in [2.75, 3.05) is 11.9 Å². The van der Waals surface area contributed by atoms with E-state index in [1.54, 1.807) is 30.5 Å². The van der Waals surface area contributed by atoms with Crippen LogP contribution in [0.15, 0.2) is 47.1 Å². The Hall–Kier alpha value is -2.60. The van der Waals surface area contributed by atoms with Gasteiger partial charge in [0, 0.05) is 6.04 Å². The maximum Gasteiger partial charge on any atom is 0.253 e. The summed E-state index contributed by atoms with van der Waals surface area (Å²) in [5.41, 5.74) is 1.00. The minimum absolute atomic E-state index is 0.0702. The van der Waals surface area contributed by atoms with Crippen molar-refractivity contribution in [2.45, 2.75) is 31.8 Å². The first kappa shape index (κ1) is 16.3. The van der Waals surface area contributed by atoms with Gasteiger partial charge in [-0.1, -0.05) is 12.1 Å². The first-order valence-electron chi connectivity index (χ1n) is 8.10. The molecular formula is C18H21N3O3. The van der Waals surface area contributed by atoms with Gasteiger partial charge in [0.25, 0.3) is 5.91 Å². The van der Waals surface area contributed by atoms with E-state index in [1.165, 1.54) is 0 Å². The van der Waals surface area contributed by atoms with Crippen LogP contribution in [-0.2, 0) is 4.79 Å². The summed E-state index contributed by atoms with van der Waals surface area (Å²) < 4.78 is 5.29. The highest BCUT2D eigenvalue weighted by Crippen LogP contribution is 2.21. The number of rotatable bonds is 7. The van der Waals surface area contributed by atoms with Crippen molar-refractivity contribution in [2.24, 2.45) is 0 Å². The molecule has 3 rings (SSSR count). The highest BCUT2D eigenvalue weighted by molar-refractivity contribution is 6.04. The Morgan fingerprint density at radius 2 is 2.00 bits per heavy atom. The van der Waals surface area contributed by atoms with Crippen molar-refractivity contribution in [1.29, 1.82) is 0 Å². The van der Waals surface area contributed by atoms with Gasteiger partial charge in [0.2, 0.25) is 5.91 Å². The number of benzene rings is 1. The number of anilines is 1. The second-order valence-corrected chi connectivity index (χ2v) is 5.96. The van der Waals surface area contributed by atoms with Crippen LogP contribution in [0.3, 0.4) is 0 Å². The maximum atomic E-state index is 12.2. The third-order valence-corrected chi connectivity index (χ3v) is 3.90. The molecule has 1 saturated carbocycles. The molecule has 1 atom stereocenters. The van der Waals surface area contributed by atoms with E-state index in [4.69, 9.17) is 4.42 Å². The molecule has 0 radical (unpaired) electrons. The predicted molar refractivity (Wildman–Crippen MR) is 90.7 cm³/mol. The Balaban J connectivity index is 1.56. The van der Waals surface area contributed by atoms with Gasteiger partial charge in [-0.05, 0) is 44.0 Å². The molecule has 2 aromatic rings. The molecule has 2 amide bonds. The molecular weight excluding hydrogens is 306 g/mol. The summed E-state index contributed by atoms with van der Waals surface area (Å²) in [6.07, 6.45) is 3.64. The second-order valence-electron chi connectivity index (χ2n) is 5.96. The Bertz CT molecular complexity index is 708. The molecule has 1 aliphatic carbocycles. The molecule has 1 aliphatic rings. The topological polar surface area (TPSA) is 83.4 Å². The summed E-state index contributed by atoms with van der Waals surface area (Å²) in [7, 11) is 0. The van der Waals surface area contributed by atoms with Crippen LogP contribution >= 0.6 is 0 Å². The summed E-state index contributed by atoms with van der Waals surface area (Å²) in [4.78, 5) is 24.4. The fourth-order valence-electron chi connectivity index (χ4n) is 2.36. The van der Waals surface area contributed by atoms with Crippen molar-refractivity contribution in [1.82, 2.24) is 10.6 Å². The second kappa shape index (κ2) is 7.31. The van der Waals surface area contributed by atoms with Gasteiger partial charge in [-0.3, -0.25) is 14.9 Å². The molecule has 1 fully saturated rings. The molecule has 1 aromatic heterocycles. The number of hydrogen-bond acceptors (Lipinski definition) is 4. The molecule has 6 heteroatoms. The number of carbonyl (C=O) groups is 2. The van der Waals surface area contributed by atoms with Gasteiger partial charge in [0.15, 0.2) is 0 Å². The first-order chi connectivity index (χ1) is 11.6. The van der Waals surface area contributed by atoms with E-state index in [1.807, 2.05) is 19.1 Å². The van der Waals surface area contributed by atoms with E-state index in [0.717, 1.165) is 18.6 Å². The third-order valence-electron chi connectivity index (χ3n) is 3.90. The highest BCUT2D eigenvalue weighted by Gasteiger charge is 2.25. The van der Waals surface area contributed by atoms with Gasteiger partial charge in [-0.25, -0.2) is 0 Å². The highest BCUT2D eigenvalue weighted by atomic mass is 16.3. The Morgan fingerprint density at radius 3 is 2.71 bits per heavy atom. The number of hydrogen-bond donors (Lipinski definition) is 3. The molecule has 0 bridgehead atoms. The average molecular weight is 327 g/mol. The smallest absolute Gasteiger partial charge is 0.253 e. The van der Waals surface area contributed by atoms with Gasteiger partial charge in [0.05, 0.1) is 30.1 Å². The fourth-order valence-corrected chi connectivity index (χ4v) is 2.36. The number of nitrogens with one attached hydrogen (secondary N) is 3. The predicted octanol–water partition coefficient (Wildman–Crippen LogP) is 2.46. The van der Waals surface area contributed by atoms with Crippen LogP contribution in [0.25, 0.3) is 0 Å². The number of para-hydroxylation sites is 1. The van der Waals surface area contributed by atoms with Crippen molar-refractivity contribution in [3.05, 3.63) is 54.0 Å². The number of carbonyl (C=O) groups excluding carboxylic acids is 2. The quantitative estimate of drug-likeness (QED) is 0.729. The summed E-state index contributed by atoms with van der Waals surface area (Å²) in [6.45, 7) is 2.05. The van der Waals surface area contributed by atoms with E-state index in [0.29, 0.717) is 11.3 Å². The monoisotopic (exact) mass is 327 g/mol. The zero-order chi connectivity index (χ0) is 16.9. The van der Waals surface area contributed by atoms with Gasteiger partial charge in [-0.15, -0.1) is 0 Å². The molecule has 1 aromatic carbocycles. The van der Waals surface area contributed by atoms with Crippen molar-refractivity contribution >= 4 is 17.5 Å². The van der Waals surface area contributed by atoms with E-state index < -0.39 is 0 Å². The zero-order valence-corrected chi connectivity index (χ0v) is 13.5. The van der Waals surface area contributed by atoms with Crippen LogP contribution in [-0.4, -0.2) is 24.4 Å². The zero-order valence-electron chi connectivity index (χ0n) is 13.5. The SMILES string of the molecule is C[C@H](NCC(=O)Nc1ccccc1C(=O)NC1CC1)c1ccco1. The van der Waals surface area contributed by atoms with Gasteiger partial charge in [0.1, 0.15) is 5.76 Å². The lowest BCUT2D eigenvalue weighted by Gasteiger charge is -2.13. The Kier molecular flexibility index (Phi) is 4.96. The third kappa shape index (κ3) is 4.23. The molecule has 0 unspecified atom stereocenters. The molecule has 1 heterocycles. The van der Waals surface area contributed by atoms with Crippen LogP contribution < -0.4 is 16.0 Å². The van der Waals surface area contributed by atoms with Gasteiger partial charge in [-0.2, -0.15) is 0 Å². The van der Waals surface area contributed by atoms with Crippen molar-refractivity contribution in [3.8, 4) is 0 Å². The Labute approximate surface area is 140 Å². The van der Waals surface area contributed by atoms with Crippen LogP contribution in [0, 0.1) is 0 Å². The molecule has 0 saturated heterocycles. The minimum Gasteiger partial charge on any atom is -0.468 e. The lowest BCUT2D eigenvalue weighted by molar-refractivity contribution is -0.115. The minimum atomic E-state index is -0.208. The Morgan fingerprint density at radius 1 is 1.21 bits per heavy atom. The lowest BCUT2D eigenvalue weighted by atomic mass is 10.1. The summed E-state index contributed by atoms with van der Waals surface area (Å²) >= 11 is 0. The number of amides is 2. The lowest BCUT2D eigenvalue weighted by Crippen LogP contribution is -2.31. The largest absolute Gasteiger partial charge is 0.468 e. The molecule has 126 valence electrons. The normalized spacial score (nSPS) is 14.9. The van der Waals surface area contributed by atoms with Crippen LogP contribution in [0.5, 0.6) is 0 Å². The van der Waals surface area contributed by atoms with Crippen LogP contribution in [0.4, 0.5) is 5.69 Å². The van der Waals surface area contributed by atoms with E-state index in [-0.39, 0.29) is 30.4 Å². The first-order valence-corrected chi connectivity index (χ1v) is 8.10. The van der Waals surface area contributed by atoms with E-state index in [9.17, 15) is 9.59 Å². The van der Waals surface area contributed by atoms with Crippen LogP contribution in [0.1, 0.15) is 41.9 Å². The van der Waals surface area contributed by atoms with E-state index >= 15 is 0 Å². The fraction of sp³-hybridized carbons (Fsp3) is 0.333. The van der Waals surface area contributed by atoms with Gasteiger partial charge >= 0.3 is 0 Å². The average Bonchev–Trinajstić information content (AvgIpc) is 3.22. The summed E-state index contributed by atoms with van der Waals surface area (Å²) in [6, 6.07) is 10.9. The summed E-state index contributed by atoms with van der Waals surface area (Å²) in [5.74, 6) is 0.414. The summed E-state index contributed by atoms with van der Waals surface area (Å²) in [5, 5.41) is 8.82. The maximum absolute atomic E-state index is 12.2. The standard InChI is InChI=1S/C18H21N3O3/c1-12(16-7-4-10-24-16)19-11-17(22)21-15-6-3-2-5-14(15)18(23)20-13-8-9-13/h2-7,10,12-13,19H,8-9,11H2,1H3,(H,20,23)(H,21,22)/t12-/m0/s1.